The first-order valence-electron chi connectivity index (χ1n) is 24.1. The molecule has 6 aliphatic heterocycles. The van der Waals surface area contributed by atoms with Crippen molar-refractivity contribution in [2.45, 2.75) is 96.2 Å². The number of anilines is 4. The third-order valence-electron chi connectivity index (χ3n) is 14.9. The van der Waals surface area contributed by atoms with Gasteiger partial charge < -0.3 is 30.7 Å². The number of aromatic nitrogens is 2. The van der Waals surface area contributed by atoms with E-state index in [1.165, 1.54) is 18.5 Å². The number of halogens is 2. The lowest BCUT2D eigenvalue weighted by molar-refractivity contribution is -0.136. The molecule has 1 atom stereocenters. The predicted octanol–water partition coefficient (Wildman–Crippen LogP) is 4.30. The van der Waals surface area contributed by atoms with E-state index in [9.17, 15) is 28.8 Å². The Hall–Kier alpha value is -6.24. The first kappa shape index (κ1) is 46.9. The Morgan fingerprint density at radius 2 is 1.56 bits per heavy atom. The van der Waals surface area contributed by atoms with Crippen molar-refractivity contribution >= 4 is 58.5 Å². The second-order valence-electron chi connectivity index (χ2n) is 20.2. The molecule has 17 nitrogen and oxygen atoms in total. The molecule has 362 valence electrons. The van der Waals surface area contributed by atoms with Gasteiger partial charge in [-0.05, 0) is 100 Å². The van der Waals surface area contributed by atoms with Crippen LogP contribution in [0.5, 0.6) is 0 Å². The van der Waals surface area contributed by atoms with Crippen molar-refractivity contribution in [2.75, 3.05) is 85.9 Å². The van der Waals surface area contributed by atoms with Crippen molar-refractivity contribution in [1.82, 2.24) is 35.3 Å². The van der Waals surface area contributed by atoms with Crippen LogP contribution in [0.4, 0.5) is 31.8 Å². The summed E-state index contributed by atoms with van der Waals surface area (Å²) in [5.74, 6) is -1.47. The molecule has 68 heavy (non-hydrogen) atoms. The third kappa shape index (κ3) is 10.3. The average molecular weight is 938 g/mol. The van der Waals surface area contributed by atoms with E-state index in [-0.39, 0.29) is 53.4 Å². The van der Waals surface area contributed by atoms with E-state index in [2.05, 4.69) is 54.9 Å². The first-order chi connectivity index (χ1) is 32.6. The van der Waals surface area contributed by atoms with Gasteiger partial charge >= 0.3 is 0 Å². The molecular formula is C49H61F2N11O6. The summed E-state index contributed by atoms with van der Waals surface area (Å²) >= 11 is 0. The summed E-state index contributed by atoms with van der Waals surface area (Å²) in [6, 6.07) is 8.32. The van der Waals surface area contributed by atoms with Crippen LogP contribution in [0.1, 0.15) is 104 Å². The van der Waals surface area contributed by atoms with Gasteiger partial charge in [-0.15, -0.1) is 0 Å². The van der Waals surface area contributed by atoms with Gasteiger partial charge in [-0.2, -0.15) is 0 Å². The van der Waals surface area contributed by atoms with Crippen LogP contribution in [0.2, 0.25) is 0 Å². The Balaban J connectivity index is 0.694. The number of benzene rings is 2. The number of nitrogens with zero attached hydrogens (tertiary/aromatic N) is 7. The van der Waals surface area contributed by atoms with E-state index in [0.29, 0.717) is 101 Å². The highest BCUT2D eigenvalue weighted by Crippen LogP contribution is 2.35. The number of piperazine rings is 1. The molecule has 1 aromatic heterocycles. The monoisotopic (exact) mass is 937 g/mol. The van der Waals surface area contributed by atoms with Crippen LogP contribution in [0.3, 0.4) is 0 Å². The molecule has 6 amide bonds. The molecule has 5 fully saturated rings. The largest absolute Gasteiger partial charge is 0.385 e. The zero-order chi connectivity index (χ0) is 47.7. The number of carbonyl (C=O) groups is 6. The van der Waals surface area contributed by atoms with Gasteiger partial charge in [0, 0.05) is 88.6 Å². The number of rotatable bonds is 13. The Bertz CT molecular complexity index is 2460. The van der Waals surface area contributed by atoms with Crippen molar-refractivity contribution in [3.05, 3.63) is 71.1 Å². The maximum absolute atomic E-state index is 15.7. The van der Waals surface area contributed by atoms with E-state index in [4.69, 9.17) is 0 Å². The summed E-state index contributed by atoms with van der Waals surface area (Å²) in [5.41, 5.74) is 1.17. The lowest BCUT2D eigenvalue weighted by Crippen LogP contribution is -2.66. The lowest BCUT2D eigenvalue weighted by Gasteiger charge is -2.48. The van der Waals surface area contributed by atoms with Gasteiger partial charge in [0.2, 0.25) is 23.6 Å². The van der Waals surface area contributed by atoms with Crippen LogP contribution in [0.15, 0.2) is 42.7 Å². The molecule has 5 saturated heterocycles. The molecule has 6 aliphatic rings. The topological polar surface area (TPSA) is 193 Å². The number of likely N-dealkylation sites (tertiary alicyclic amines) is 2. The van der Waals surface area contributed by atoms with E-state index in [1.807, 2.05) is 11.0 Å². The maximum atomic E-state index is 15.7. The van der Waals surface area contributed by atoms with E-state index in [0.717, 1.165) is 49.5 Å². The lowest BCUT2D eigenvalue weighted by atomic mass is 9.82. The minimum atomic E-state index is -1.02. The number of fused-ring (bicyclic) bond motifs is 1. The van der Waals surface area contributed by atoms with Crippen molar-refractivity contribution in [3.63, 3.8) is 0 Å². The van der Waals surface area contributed by atoms with Crippen LogP contribution in [0, 0.1) is 23.0 Å². The molecule has 0 bridgehead atoms. The third-order valence-corrected chi connectivity index (χ3v) is 14.9. The molecule has 3 aromatic rings. The van der Waals surface area contributed by atoms with Gasteiger partial charge in [0.05, 0.1) is 28.9 Å². The number of imide groups is 2. The Labute approximate surface area is 394 Å². The average Bonchev–Trinajstić information content (AvgIpc) is 3.56. The zero-order valence-corrected chi connectivity index (χ0v) is 38.9. The van der Waals surface area contributed by atoms with Crippen molar-refractivity contribution in [3.8, 4) is 0 Å². The minimum absolute atomic E-state index is 0.0378. The highest BCUT2D eigenvalue weighted by atomic mass is 19.1. The Morgan fingerprint density at radius 1 is 0.809 bits per heavy atom. The Morgan fingerprint density at radius 3 is 2.31 bits per heavy atom. The molecule has 2 aromatic carbocycles. The fourth-order valence-electron chi connectivity index (χ4n) is 10.5. The molecule has 0 aliphatic carbocycles. The molecule has 1 unspecified atom stereocenters. The fraction of sp³-hybridized carbons (Fsp3) is 0.551. The molecule has 19 heteroatoms. The molecular weight excluding hydrogens is 877 g/mol. The van der Waals surface area contributed by atoms with Gasteiger partial charge in [0.15, 0.2) is 0 Å². The second-order valence-corrected chi connectivity index (χ2v) is 20.2. The summed E-state index contributed by atoms with van der Waals surface area (Å²) in [6.07, 6.45) is 7.56. The van der Waals surface area contributed by atoms with E-state index < -0.39 is 46.8 Å². The van der Waals surface area contributed by atoms with Gasteiger partial charge in [-0.25, -0.2) is 18.7 Å². The minimum Gasteiger partial charge on any atom is -0.385 e. The van der Waals surface area contributed by atoms with Crippen molar-refractivity contribution in [1.29, 1.82) is 0 Å². The summed E-state index contributed by atoms with van der Waals surface area (Å²) in [6.45, 7) is 10.6. The molecule has 0 saturated carbocycles. The number of hydrogen-bond donors (Lipinski definition) is 4. The number of hydrogen-bond acceptors (Lipinski definition) is 13. The SMILES string of the molecule is CC1(C)CCN(Cc2cc(F)c(N3CC(=O)NC4(CCN(c5cc(NCC6CCN(C(=O)CCCNc7ccc8c(c7)C(=O)N(C7CCC(=O)NC7=O)C8=O)CC6)ncn5)CC4)C3)cc2F)CC1. The first-order valence-corrected chi connectivity index (χ1v) is 24.1. The van der Waals surface area contributed by atoms with Gasteiger partial charge in [0.1, 0.15) is 35.6 Å². The van der Waals surface area contributed by atoms with Crippen LogP contribution < -0.4 is 31.1 Å². The second kappa shape index (κ2) is 19.4. The normalized spacial score (nSPS) is 22.1. The highest BCUT2D eigenvalue weighted by molar-refractivity contribution is 6.23. The number of nitrogens with one attached hydrogen (secondary N) is 4. The standard InChI is InChI=1S/C49H61F2N11O6/c1-48(2)11-18-58(19-12-48)27-32-22-37(51)39(24-36(32)50)61-28-43(64)57-49(29-61)13-20-59(21-14-49)41-25-40(54-30-55-41)53-26-31-9-16-60(17-10-31)44(65)4-3-15-52-33-5-6-34-35(23-33)47(68)62(46(34)67)38-7-8-42(63)56-45(38)66/h5-6,22-25,30-31,38,52H,3-4,7-21,26-29H2,1-2H3,(H,57,64)(H,53,54,55)(H,56,63,66). The summed E-state index contributed by atoms with van der Waals surface area (Å²) in [7, 11) is 0. The van der Waals surface area contributed by atoms with Gasteiger partial charge in [-0.1, -0.05) is 13.8 Å². The van der Waals surface area contributed by atoms with E-state index >= 15 is 8.78 Å². The summed E-state index contributed by atoms with van der Waals surface area (Å²) in [4.78, 5) is 94.2. The molecule has 9 rings (SSSR count). The van der Waals surface area contributed by atoms with Crippen LogP contribution in [-0.4, -0.2) is 137 Å². The van der Waals surface area contributed by atoms with Crippen LogP contribution >= 0.6 is 0 Å². The Kier molecular flexibility index (Phi) is 13.4. The number of carbonyl (C=O) groups excluding carboxylic acids is 6. The van der Waals surface area contributed by atoms with Crippen molar-refractivity contribution < 1.29 is 37.5 Å². The zero-order valence-electron chi connectivity index (χ0n) is 38.9. The molecule has 0 radical (unpaired) electrons. The number of amides is 6. The fourth-order valence-corrected chi connectivity index (χ4v) is 10.5. The van der Waals surface area contributed by atoms with Crippen molar-refractivity contribution in [2.24, 2.45) is 11.3 Å². The quantitative estimate of drug-likeness (QED) is 0.140. The summed E-state index contributed by atoms with van der Waals surface area (Å²) < 4.78 is 31.2. The maximum Gasteiger partial charge on any atom is 0.262 e. The molecule has 4 N–H and O–H groups in total. The molecule has 1 spiro atoms. The summed E-state index contributed by atoms with van der Waals surface area (Å²) in [5, 5.41) is 12.1. The van der Waals surface area contributed by atoms with Gasteiger partial charge in [-0.3, -0.25) is 43.9 Å². The smallest absolute Gasteiger partial charge is 0.262 e. The van der Waals surface area contributed by atoms with E-state index in [1.54, 1.807) is 23.1 Å². The van der Waals surface area contributed by atoms with Crippen LogP contribution in [-0.2, 0) is 25.7 Å². The highest BCUT2D eigenvalue weighted by Gasteiger charge is 2.45. The molecule has 7 heterocycles. The number of piperidine rings is 4. The van der Waals surface area contributed by atoms with Gasteiger partial charge in [0.25, 0.3) is 11.8 Å². The van der Waals surface area contributed by atoms with Crippen LogP contribution in [0.25, 0.3) is 0 Å². The predicted molar refractivity (Wildman–Crippen MR) is 250 cm³/mol.